The number of hydrogen-bond donors (Lipinski definition) is 1. The number of nitriles is 1. The van der Waals surface area contributed by atoms with Gasteiger partial charge < -0.3 is 19.4 Å². The molecule has 1 atom stereocenters. The van der Waals surface area contributed by atoms with Gasteiger partial charge >= 0.3 is 0 Å². The Balaban J connectivity index is 1.82. The van der Waals surface area contributed by atoms with Crippen LogP contribution in [0.2, 0.25) is 5.02 Å². The highest BCUT2D eigenvalue weighted by Gasteiger charge is 2.20. The quantitative estimate of drug-likeness (QED) is 0.629. The van der Waals surface area contributed by atoms with Crippen LogP contribution in [-0.2, 0) is 0 Å². The summed E-state index contributed by atoms with van der Waals surface area (Å²) in [7, 11) is 5.56. The molecule has 0 saturated heterocycles. The molecule has 1 aromatic heterocycles. The molecule has 0 aliphatic rings. The van der Waals surface area contributed by atoms with Crippen LogP contribution < -0.4 is 10.1 Å². The zero-order chi connectivity index (χ0) is 20.1. The number of halogens is 1. The Morgan fingerprint density at radius 1 is 1.21 bits per heavy atom. The molecule has 0 fully saturated rings. The van der Waals surface area contributed by atoms with E-state index in [0.29, 0.717) is 23.3 Å². The van der Waals surface area contributed by atoms with Crippen LogP contribution in [0, 0.1) is 11.3 Å². The van der Waals surface area contributed by atoms with Crippen molar-refractivity contribution in [2.24, 2.45) is 0 Å². The summed E-state index contributed by atoms with van der Waals surface area (Å²) in [5.41, 5.74) is 1.97. The van der Waals surface area contributed by atoms with Crippen LogP contribution in [0.5, 0.6) is 5.75 Å². The first kappa shape index (κ1) is 19.7. The van der Waals surface area contributed by atoms with Gasteiger partial charge in [-0.3, -0.25) is 0 Å². The zero-order valence-corrected chi connectivity index (χ0v) is 16.7. The third-order valence-corrected chi connectivity index (χ3v) is 4.76. The van der Waals surface area contributed by atoms with E-state index in [1.807, 2.05) is 62.6 Å². The lowest BCUT2D eigenvalue weighted by atomic mass is 10.1. The molecule has 3 aromatic rings. The lowest BCUT2D eigenvalue weighted by Crippen LogP contribution is -2.27. The number of benzene rings is 2. The van der Waals surface area contributed by atoms with Crippen LogP contribution in [0.15, 0.2) is 52.9 Å². The van der Waals surface area contributed by atoms with Gasteiger partial charge in [0.15, 0.2) is 0 Å². The fourth-order valence-electron chi connectivity index (χ4n) is 2.88. The number of likely N-dealkylation sites (N-methyl/N-ethyl adjacent to an activating group) is 1. The highest BCUT2D eigenvalue weighted by atomic mass is 35.5. The van der Waals surface area contributed by atoms with Crippen molar-refractivity contribution in [3.8, 4) is 23.3 Å². The molecule has 0 aliphatic carbocycles. The first-order chi connectivity index (χ1) is 13.5. The van der Waals surface area contributed by atoms with Crippen molar-refractivity contribution in [3.05, 3.63) is 64.8 Å². The van der Waals surface area contributed by atoms with E-state index in [1.54, 1.807) is 7.11 Å². The largest absolute Gasteiger partial charge is 0.497 e. The molecule has 1 heterocycles. The molecule has 0 aliphatic heterocycles. The summed E-state index contributed by atoms with van der Waals surface area (Å²) in [6, 6.07) is 17.1. The van der Waals surface area contributed by atoms with Crippen molar-refractivity contribution < 1.29 is 9.15 Å². The van der Waals surface area contributed by atoms with E-state index in [2.05, 4.69) is 21.3 Å². The second-order valence-electron chi connectivity index (χ2n) is 6.42. The molecule has 28 heavy (non-hydrogen) atoms. The molecule has 3 rings (SSSR count). The lowest BCUT2D eigenvalue weighted by Gasteiger charge is -2.25. The molecule has 7 heteroatoms. The lowest BCUT2D eigenvalue weighted by molar-refractivity contribution is 0.310. The van der Waals surface area contributed by atoms with Gasteiger partial charge in [0, 0.05) is 17.1 Å². The smallest absolute Gasteiger partial charge is 0.232 e. The average molecular weight is 397 g/mol. The van der Waals surface area contributed by atoms with Gasteiger partial charge in [0.1, 0.15) is 11.8 Å². The molecule has 0 bridgehead atoms. The number of nitrogens with zero attached hydrogens (tertiary/aromatic N) is 3. The Bertz CT molecular complexity index is 977. The minimum Gasteiger partial charge on any atom is -0.497 e. The van der Waals surface area contributed by atoms with Gasteiger partial charge in [-0.1, -0.05) is 29.8 Å². The number of hydrogen-bond acceptors (Lipinski definition) is 6. The first-order valence-corrected chi connectivity index (χ1v) is 9.11. The van der Waals surface area contributed by atoms with Crippen LogP contribution >= 0.6 is 11.6 Å². The second-order valence-corrected chi connectivity index (χ2v) is 6.83. The zero-order valence-electron chi connectivity index (χ0n) is 15.9. The van der Waals surface area contributed by atoms with E-state index in [9.17, 15) is 5.26 Å². The standard InChI is InChI=1S/C21H21ClN4O2/c1-26(2)19(16-6-4-5-7-17(16)22)13-24-21-18(12-23)25-20(28-21)14-8-10-15(27-3)11-9-14/h4-11,19,24H,13H2,1-3H3/t19-/m0/s1. The van der Waals surface area contributed by atoms with E-state index in [4.69, 9.17) is 20.8 Å². The van der Waals surface area contributed by atoms with Crippen LogP contribution in [0.25, 0.3) is 11.5 Å². The fraction of sp³-hybridized carbons (Fsp3) is 0.238. The molecule has 2 aromatic carbocycles. The predicted octanol–water partition coefficient (Wildman–Crippen LogP) is 4.59. The number of aromatic nitrogens is 1. The molecule has 0 saturated carbocycles. The SMILES string of the molecule is COc1ccc(-c2nc(C#N)c(NC[C@@H](c3ccccc3Cl)N(C)C)o2)cc1. The summed E-state index contributed by atoms with van der Waals surface area (Å²) in [6.07, 6.45) is 0. The van der Waals surface area contributed by atoms with Gasteiger partial charge in [0.05, 0.1) is 13.2 Å². The molecule has 0 unspecified atom stereocenters. The Labute approximate surface area is 169 Å². The van der Waals surface area contributed by atoms with E-state index >= 15 is 0 Å². The minimum absolute atomic E-state index is 0.00483. The minimum atomic E-state index is -0.00483. The van der Waals surface area contributed by atoms with E-state index in [1.165, 1.54) is 0 Å². The Morgan fingerprint density at radius 3 is 2.54 bits per heavy atom. The van der Waals surface area contributed by atoms with Gasteiger partial charge in [0.2, 0.25) is 17.5 Å². The molecule has 0 amide bonds. The molecule has 1 N–H and O–H groups in total. The topological polar surface area (TPSA) is 74.3 Å². The molecular weight excluding hydrogens is 376 g/mol. The molecule has 0 spiro atoms. The van der Waals surface area contributed by atoms with Crippen LogP contribution in [0.1, 0.15) is 17.3 Å². The highest BCUT2D eigenvalue weighted by Crippen LogP contribution is 2.29. The average Bonchev–Trinajstić information content (AvgIpc) is 3.12. The van der Waals surface area contributed by atoms with Crippen LogP contribution in [0.4, 0.5) is 5.88 Å². The van der Waals surface area contributed by atoms with E-state index in [-0.39, 0.29) is 11.7 Å². The van der Waals surface area contributed by atoms with Crippen molar-refractivity contribution in [2.75, 3.05) is 33.1 Å². The number of rotatable bonds is 7. The summed E-state index contributed by atoms with van der Waals surface area (Å²) in [5, 5.41) is 13.3. The molecule has 144 valence electrons. The van der Waals surface area contributed by atoms with Gasteiger partial charge in [-0.25, -0.2) is 0 Å². The summed E-state index contributed by atoms with van der Waals surface area (Å²) in [5.74, 6) is 1.45. The summed E-state index contributed by atoms with van der Waals surface area (Å²) >= 11 is 6.36. The highest BCUT2D eigenvalue weighted by molar-refractivity contribution is 6.31. The van der Waals surface area contributed by atoms with Crippen molar-refractivity contribution in [1.82, 2.24) is 9.88 Å². The van der Waals surface area contributed by atoms with E-state index in [0.717, 1.165) is 16.9 Å². The second kappa shape index (κ2) is 8.79. The van der Waals surface area contributed by atoms with Crippen molar-refractivity contribution in [1.29, 1.82) is 5.26 Å². The maximum Gasteiger partial charge on any atom is 0.232 e. The fourth-order valence-corrected chi connectivity index (χ4v) is 3.14. The third-order valence-electron chi connectivity index (χ3n) is 4.41. The van der Waals surface area contributed by atoms with Crippen molar-refractivity contribution >= 4 is 17.5 Å². The van der Waals surface area contributed by atoms with Crippen LogP contribution in [0.3, 0.4) is 0 Å². The number of anilines is 1. The summed E-state index contributed by atoms with van der Waals surface area (Å²) < 4.78 is 11.0. The Morgan fingerprint density at radius 2 is 1.93 bits per heavy atom. The normalized spacial score (nSPS) is 11.9. The molecular formula is C21H21ClN4O2. The maximum atomic E-state index is 9.43. The number of oxazole rings is 1. The number of ether oxygens (including phenoxy) is 1. The predicted molar refractivity (Wildman–Crippen MR) is 110 cm³/mol. The van der Waals surface area contributed by atoms with Crippen molar-refractivity contribution in [3.63, 3.8) is 0 Å². The van der Waals surface area contributed by atoms with Crippen molar-refractivity contribution in [2.45, 2.75) is 6.04 Å². The van der Waals surface area contributed by atoms with Gasteiger partial charge in [0.25, 0.3) is 0 Å². The van der Waals surface area contributed by atoms with Gasteiger partial charge in [-0.2, -0.15) is 10.2 Å². The monoisotopic (exact) mass is 396 g/mol. The molecule has 0 radical (unpaired) electrons. The van der Waals surface area contributed by atoms with Gasteiger partial charge in [-0.05, 0) is 50.0 Å². The number of nitrogens with one attached hydrogen (secondary N) is 1. The first-order valence-electron chi connectivity index (χ1n) is 8.73. The summed E-state index contributed by atoms with van der Waals surface area (Å²) in [4.78, 5) is 6.35. The summed E-state index contributed by atoms with van der Waals surface area (Å²) in [6.45, 7) is 0.503. The van der Waals surface area contributed by atoms with E-state index < -0.39 is 0 Å². The Kier molecular flexibility index (Phi) is 6.19. The van der Waals surface area contributed by atoms with Crippen LogP contribution in [-0.4, -0.2) is 37.6 Å². The molecule has 6 nitrogen and oxygen atoms in total. The Hall–Kier alpha value is -3.01. The third kappa shape index (κ3) is 4.28. The van der Waals surface area contributed by atoms with Gasteiger partial charge in [-0.15, -0.1) is 0 Å². The number of methoxy groups -OCH3 is 1. The maximum absolute atomic E-state index is 9.43.